The Hall–Kier alpha value is -11.9. The standard InChI is InChI=1S/C70H56N10O12/c1-9-59(81)89-37(5)63-71-51-21-13-17-25-55(51)75(63)41-29-42(76-56-26-18-14-22-52(56)72-64(76)38(6)90-60(82)10-2)32-45(31-41)79-67(85)47-35-49-50(36-48(47)68(79)86)70(88)80(69(49)87)46-33-43(77-57-27-19-15-23-53(57)73-65(77)39(7)91-61(83)11-3)30-44(34-46)78-58-28-20-16-24-54(58)74-66(78)40(8)92-62(84)12-4/h9-11,13-40,54,58H,1-3,12H2,4-8H3. The van der Waals surface area contributed by atoms with Crippen molar-refractivity contribution in [1.29, 1.82) is 0 Å². The highest BCUT2D eigenvalue weighted by atomic mass is 16.6. The Morgan fingerprint density at radius 1 is 0.457 bits per heavy atom. The molecule has 5 aromatic heterocycles. The fourth-order valence-corrected chi connectivity index (χ4v) is 12.2. The molecule has 0 bridgehead atoms. The summed E-state index contributed by atoms with van der Waals surface area (Å²) in [4.78, 5) is 134. The third kappa shape index (κ3) is 9.93. The van der Waals surface area contributed by atoms with E-state index in [2.05, 4.69) is 19.7 Å². The Balaban J connectivity index is 1.03. The second-order valence-corrected chi connectivity index (χ2v) is 22.1. The Bertz CT molecular complexity index is 5110. The molecule has 0 saturated carbocycles. The van der Waals surface area contributed by atoms with Crippen molar-refractivity contribution in [1.82, 2.24) is 37.8 Å². The van der Waals surface area contributed by atoms with Gasteiger partial charge in [0.1, 0.15) is 5.84 Å². The predicted molar refractivity (Wildman–Crippen MR) is 347 cm³/mol. The van der Waals surface area contributed by atoms with Crippen molar-refractivity contribution in [3.8, 4) is 28.4 Å². The molecule has 2 aliphatic rings. The number of benzene rings is 6. The van der Waals surface area contributed by atoms with Gasteiger partial charge in [0, 0.05) is 30.3 Å². The number of ether oxygens (including phenoxy) is 4. The van der Waals surface area contributed by atoms with Gasteiger partial charge in [-0.25, -0.2) is 38.5 Å². The number of nitrogens with zero attached hydrogens (tertiary/aromatic N) is 10. The third-order valence-electron chi connectivity index (χ3n) is 16.3. The maximum Gasteiger partial charge on any atom is 0.330 e. The first kappa shape index (κ1) is 59.0. The molecular formula is C70H56N10O12. The zero-order valence-electron chi connectivity index (χ0n) is 50.3. The highest BCUT2D eigenvalue weighted by Gasteiger charge is 2.39. The van der Waals surface area contributed by atoms with E-state index in [9.17, 15) is 19.2 Å². The smallest absolute Gasteiger partial charge is 0.330 e. The summed E-state index contributed by atoms with van der Waals surface area (Å²) in [6.07, 6.45) is 7.04. The lowest BCUT2D eigenvalue weighted by molar-refractivity contribution is -0.145. The van der Waals surface area contributed by atoms with Crippen LogP contribution in [0.5, 0.6) is 0 Å². The molecule has 0 spiro atoms. The Kier molecular flexibility index (Phi) is 14.9. The molecule has 0 radical (unpaired) electrons. The quantitative estimate of drug-likeness (QED) is 0.0440. The van der Waals surface area contributed by atoms with E-state index in [4.69, 9.17) is 38.9 Å². The largest absolute Gasteiger partial charge is 0.455 e. The summed E-state index contributed by atoms with van der Waals surface area (Å²) in [5.41, 5.74) is 1.49. The van der Waals surface area contributed by atoms with Crippen LogP contribution in [0.3, 0.4) is 0 Å². The molecule has 0 N–H and O–H groups in total. The number of hydrogen-bond acceptors (Lipinski definition) is 17. The van der Waals surface area contributed by atoms with E-state index < -0.39 is 82.6 Å². The first-order chi connectivity index (χ1) is 44.4. The van der Waals surface area contributed by atoms with Crippen LogP contribution in [0, 0.1) is 0 Å². The summed E-state index contributed by atoms with van der Waals surface area (Å²) >= 11 is 0. The van der Waals surface area contributed by atoms with Gasteiger partial charge in [0.2, 0.25) is 0 Å². The van der Waals surface area contributed by atoms with Gasteiger partial charge in [-0.1, -0.05) is 87.4 Å². The maximum atomic E-state index is 15.4. The Morgan fingerprint density at radius 3 is 1.15 bits per heavy atom. The van der Waals surface area contributed by atoms with Gasteiger partial charge in [0.25, 0.3) is 22.2 Å². The van der Waals surface area contributed by atoms with Crippen molar-refractivity contribution in [2.24, 2.45) is 4.99 Å². The van der Waals surface area contributed by atoms with Crippen LogP contribution in [0.25, 0.3) is 83.1 Å². The van der Waals surface area contributed by atoms with Gasteiger partial charge in [-0.15, -0.1) is 0 Å². The van der Waals surface area contributed by atoms with E-state index >= 15 is 19.2 Å². The summed E-state index contributed by atoms with van der Waals surface area (Å²) in [5, 5.41) is -0.693. The summed E-state index contributed by atoms with van der Waals surface area (Å²) in [6, 6.07) is 33.2. The predicted octanol–water partition coefficient (Wildman–Crippen LogP) is 9.70. The molecule has 0 amide bonds. The van der Waals surface area contributed by atoms with E-state index in [1.807, 2.05) is 47.4 Å². The van der Waals surface area contributed by atoms with Crippen LogP contribution in [-0.4, -0.2) is 85.7 Å². The molecule has 1 aliphatic heterocycles. The molecule has 458 valence electrons. The molecule has 6 aromatic carbocycles. The minimum Gasteiger partial charge on any atom is -0.455 e. The number of carbonyl (C=O) groups is 4. The van der Waals surface area contributed by atoms with Gasteiger partial charge in [0.15, 0.2) is 41.9 Å². The monoisotopic (exact) mass is 1230 g/mol. The van der Waals surface area contributed by atoms with Crippen molar-refractivity contribution in [3.63, 3.8) is 0 Å². The zero-order chi connectivity index (χ0) is 64.5. The van der Waals surface area contributed by atoms with Crippen LogP contribution in [0.1, 0.15) is 76.8 Å². The van der Waals surface area contributed by atoms with E-state index in [-0.39, 0.29) is 56.8 Å². The number of fused-ring (bicyclic) bond motifs is 6. The number of rotatable bonds is 18. The van der Waals surface area contributed by atoms with Crippen molar-refractivity contribution in [3.05, 3.63) is 242 Å². The molecule has 22 nitrogen and oxygen atoms in total. The minimum absolute atomic E-state index is 0.0283. The number of carbonyl (C=O) groups excluding carboxylic acids is 4. The Labute approximate surface area is 522 Å². The number of allylic oxidation sites excluding steroid dienone is 2. The molecule has 22 heteroatoms. The maximum absolute atomic E-state index is 15.4. The molecule has 6 unspecified atom stereocenters. The first-order valence-corrected chi connectivity index (χ1v) is 29.5. The van der Waals surface area contributed by atoms with Gasteiger partial charge in [-0.05, 0) is 113 Å². The van der Waals surface area contributed by atoms with Crippen molar-refractivity contribution in [2.45, 2.75) is 77.5 Å². The fraction of sp³-hybridized carbons (Fsp3) is 0.171. The van der Waals surface area contributed by atoms with Gasteiger partial charge < -0.3 is 23.8 Å². The molecule has 6 heterocycles. The summed E-state index contributed by atoms with van der Waals surface area (Å²) in [6.45, 7) is 19.0. The fourth-order valence-electron chi connectivity index (χ4n) is 12.2. The molecule has 92 heavy (non-hydrogen) atoms. The lowest BCUT2D eigenvalue weighted by Gasteiger charge is -2.31. The van der Waals surface area contributed by atoms with Crippen LogP contribution in [0.2, 0.25) is 0 Å². The van der Waals surface area contributed by atoms with Crippen LogP contribution in [0.15, 0.2) is 208 Å². The van der Waals surface area contributed by atoms with E-state index in [1.54, 1.807) is 139 Å². The minimum atomic E-state index is -0.972. The lowest BCUT2D eigenvalue weighted by Crippen LogP contribution is -2.43. The highest BCUT2D eigenvalue weighted by molar-refractivity contribution is 6.05. The average Bonchev–Trinajstić information content (AvgIpc) is 1.56. The first-order valence-electron chi connectivity index (χ1n) is 29.5. The van der Waals surface area contributed by atoms with Gasteiger partial charge in [-0.2, -0.15) is 0 Å². The van der Waals surface area contributed by atoms with Gasteiger partial charge in [0.05, 0.1) is 95.2 Å². The van der Waals surface area contributed by atoms with Crippen molar-refractivity contribution < 1.29 is 38.1 Å². The van der Waals surface area contributed by atoms with Gasteiger partial charge >= 0.3 is 23.9 Å². The molecular weight excluding hydrogens is 1170 g/mol. The number of hydrogen-bond donors (Lipinski definition) is 0. The van der Waals surface area contributed by atoms with Crippen molar-refractivity contribution in [2.75, 3.05) is 4.90 Å². The van der Waals surface area contributed by atoms with Crippen LogP contribution < -0.4 is 27.1 Å². The van der Waals surface area contributed by atoms with Gasteiger partial charge in [-0.3, -0.25) is 42.7 Å². The second kappa shape index (κ2) is 23.2. The van der Waals surface area contributed by atoms with Crippen LogP contribution in [0.4, 0.5) is 5.69 Å². The molecule has 11 aromatic rings. The third-order valence-corrected chi connectivity index (χ3v) is 16.3. The number of amidine groups is 1. The number of aliphatic imine (C=N–C) groups is 1. The normalized spacial score (nSPS) is 15.8. The molecule has 13 rings (SSSR count). The summed E-state index contributed by atoms with van der Waals surface area (Å²) in [7, 11) is 0. The molecule has 1 aliphatic carbocycles. The topological polar surface area (TPSA) is 252 Å². The SMILES string of the molecule is C=CC(=O)OC(C)c1nc2ccccc2n1-c1cc(N2C(C(C)OC(=O)CC)=NC3C=CC=CC32)cc(-n2c(=O)c3cc4c(=O)n(-c5cc(-n6c(C(C)OC(=O)C=C)nc7ccccc76)cc(-n6c(C(C)OC(=O)C=C)nc7ccccc76)c5)c(=O)c4cc3c2=O)c1. The van der Waals surface area contributed by atoms with Crippen molar-refractivity contribution >= 4 is 90.0 Å². The number of aromatic nitrogens is 8. The lowest BCUT2D eigenvalue weighted by atomic mass is 10.0. The number of esters is 4. The second-order valence-electron chi connectivity index (χ2n) is 22.1. The van der Waals surface area contributed by atoms with Crippen LogP contribution >= 0.6 is 0 Å². The summed E-state index contributed by atoms with van der Waals surface area (Å²) < 4.78 is 30.3. The number of imidazole rings is 3. The molecule has 6 atom stereocenters. The average molecular weight is 1230 g/mol. The summed E-state index contributed by atoms with van der Waals surface area (Å²) in [5.74, 6) is -1.38. The highest BCUT2D eigenvalue weighted by Crippen LogP contribution is 2.38. The number of para-hydroxylation sites is 6. The zero-order valence-corrected chi connectivity index (χ0v) is 50.3. The van der Waals surface area contributed by atoms with Crippen LogP contribution in [-0.2, 0) is 38.1 Å². The number of anilines is 1. The Morgan fingerprint density at radius 2 is 0.793 bits per heavy atom. The molecule has 0 saturated heterocycles. The molecule has 0 fully saturated rings. The van der Waals surface area contributed by atoms with E-state index in [0.29, 0.717) is 61.7 Å². The van der Waals surface area contributed by atoms with E-state index in [0.717, 1.165) is 27.4 Å². The van der Waals surface area contributed by atoms with E-state index in [1.165, 1.54) is 12.1 Å².